The summed E-state index contributed by atoms with van der Waals surface area (Å²) < 4.78 is 0. The van der Waals surface area contributed by atoms with Crippen molar-refractivity contribution in [1.82, 2.24) is 0 Å². The van der Waals surface area contributed by atoms with Crippen molar-refractivity contribution in [2.24, 2.45) is 57.7 Å². The van der Waals surface area contributed by atoms with Gasteiger partial charge in [0.15, 0.2) is 0 Å². The van der Waals surface area contributed by atoms with Crippen LogP contribution in [0.2, 0.25) is 0 Å². The van der Waals surface area contributed by atoms with Crippen molar-refractivity contribution < 1.29 is 0 Å². The number of hydrogen-bond donors (Lipinski definition) is 0. The molecule has 0 heterocycles. The Morgan fingerprint density at radius 3 is 2.19 bits per heavy atom. The van der Waals surface area contributed by atoms with Crippen LogP contribution in [0.1, 0.15) is 41.0 Å². The van der Waals surface area contributed by atoms with Gasteiger partial charge < -0.3 is 0 Å². The summed E-state index contributed by atoms with van der Waals surface area (Å²) >= 11 is 0. The van der Waals surface area contributed by atoms with Crippen molar-refractivity contribution in [2.75, 3.05) is 0 Å². The van der Waals surface area contributed by atoms with Crippen LogP contribution in [0.25, 0.3) is 0 Å². The smallest absolute Gasteiger partial charge is 0.0134 e. The van der Waals surface area contributed by atoms with Gasteiger partial charge >= 0.3 is 0 Å². The van der Waals surface area contributed by atoms with Crippen LogP contribution in [0.5, 0.6) is 0 Å². The summed E-state index contributed by atoms with van der Waals surface area (Å²) in [6, 6.07) is 0. The topological polar surface area (TPSA) is 0 Å². The Morgan fingerprint density at radius 1 is 0.938 bits per heavy atom. The molecule has 0 heteroatoms. The SMILES string of the molecule is CC1CC2C3C(C)C4(C)C(C)C5C(C12C)C354. The number of hydrogen-bond acceptors (Lipinski definition) is 0. The lowest BCUT2D eigenvalue weighted by Gasteiger charge is -2.73. The van der Waals surface area contributed by atoms with Crippen LogP contribution >= 0.6 is 0 Å². The molecule has 0 N–H and O–H groups in total. The van der Waals surface area contributed by atoms with Crippen molar-refractivity contribution in [1.29, 1.82) is 0 Å². The summed E-state index contributed by atoms with van der Waals surface area (Å²) in [5.41, 5.74) is 2.41. The van der Waals surface area contributed by atoms with Gasteiger partial charge in [-0.2, -0.15) is 0 Å². The molecule has 5 saturated carbocycles. The van der Waals surface area contributed by atoms with E-state index in [9.17, 15) is 0 Å². The second-order valence-electron chi connectivity index (χ2n) is 8.43. The van der Waals surface area contributed by atoms with E-state index in [0.29, 0.717) is 0 Å². The Labute approximate surface area is 99.2 Å². The minimum Gasteiger partial charge on any atom is -0.0620 e. The molecule has 0 nitrogen and oxygen atoms in total. The molecule has 0 aromatic heterocycles. The minimum absolute atomic E-state index is 0.757. The molecule has 0 amide bonds. The molecule has 0 bridgehead atoms. The molecule has 5 fully saturated rings. The fourth-order valence-corrected chi connectivity index (χ4v) is 8.54. The van der Waals surface area contributed by atoms with Gasteiger partial charge in [0, 0.05) is 0 Å². The van der Waals surface area contributed by atoms with Crippen molar-refractivity contribution in [2.45, 2.75) is 41.0 Å². The molecule has 0 aliphatic heterocycles. The number of fused-ring (bicyclic) bond motifs is 4. The normalized spacial score (nSPS) is 85.7. The van der Waals surface area contributed by atoms with Gasteiger partial charge in [0.25, 0.3) is 0 Å². The van der Waals surface area contributed by atoms with E-state index < -0.39 is 0 Å². The molecule has 10 unspecified atom stereocenters. The van der Waals surface area contributed by atoms with E-state index in [-0.39, 0.29) is 0 Å². The van der Waals surface area contributed by atoms with Gasteiger partial charge in [0.05, 0.1) is 0 Å². The third-order valence-corrected chi connectivity index (χ3v) is 9.34. The van der Waals surface area contributed by atoms with Gasteiger partial charge in [-0.05, 0) is 64.1 Å². The average molecular weight is 216 g/mol. The first-order chi connectivity index (χ1) is 7.44. The second kappa shape index (κ2) is 1.84. The molecule has 5 aliphatic carbocycles. The number of rotatable bonds is 0. The molecule has 0 aromatic rings. The molecule has 16 heavy (non-hydrogen) atoms. The molecular weight excluding hydrogens is 192 g/mol. The van der Waals surface area contributed by atoms with Gasteiger partial charge in [-0.25, -0.2) is 0 Å². The van der Waals surface area contributed by atoms with Crippen LogP contribution in [0.3, 0.4) is 0 Å². The van der Waals surface area contributed by atoms with E-state index in [1.54, 1.807) is 6.42 Å². The second-order valence-corrected chi connectivity index (χ2v) is 8.43. The molecule has 0 radical (unpaired) electrons. The zero-order chi connectivity index (χ0) is 11.2. The maximum atomic E-state index is 2.65. The fourth-order valence-electron chi connectivity index (χ4n) is 8.54. The third-order valence-electron chi connectivity index (χ3n) is 9.34. The standard InChI is InChI=1S/C16H24/c1-7-6-10-11-8(2)15(5)9(3)12-13(14(7,10)4)16(11,12)15/h7-13H,6H2,1-5H3. The van der Waals surface area contributed by atoms with E-state index in [0.717, 1.165) is 57.7 Å². The highest BCUT2D eigenvalue weighted by Gasteiger charge is 3.01. The van der Waals surface area contributed by atoms with Crippen LogP contribution < -0.4 is 0 Å². The molecule has 0 aromatic carbocycles. The van der Waals surface area contributed by atoms with Crippen molar-refractivity contribution in [3.05, 3.63) is 0 Å². The Hall–Kier alpha value is 0. The molecule has 10 atom stereocenters. The average Bonchev–Trinajstić information content (AvgIpc) is 2.91. The summed E-state index contributed by atoms with van der Waals surface area (Å²) in [6.45, 7) is 13.0. The van der Waals surface area contributed by atoms with Crippen LogP contribution in [0, 0.1) is 57.7 Å². The van der Waals surface area contributed by atoms with E-state index in [1.807, 2.05) is 0 Å². The van der Waals surface area contributed by atoms with Crippen LogP contribution in [0.4, 0.5) is 0 Å². The largest absolute Gasteiger partial charge is 0.0620 e. The summed E-state index contributed by atoms with van der Waals surface area (Å²) in [5.74, 6) is 7.66. The minimum atomic E-state index is 0.757. The van der Waals surface area contributed by atoms with Crippen LogP contribution in [0.15, 0.2) is 0 Å². The highest BCUT2D eigenvalue weighted by atomic mass is 15.1. The highest BCUT2D eigenvalue weighted by molar-refractivity contribution is 5.48. The van der Waals surface area contributed by atoms with Crippen molar-refractivity contribution in [3.8, 4) is 0 Å². The van der Waals surface area contributed by atoms with E-state index in [2.05, 4.69) is 34.6 Å². The predicted molar refractivity (Wildman–Crippen MR) is 64.7 cm³/mol. The molecule has 5 aliphatic rings. The molecule has 1 spiro atoms. The Balaban J connectivity index is 1.70. The maximum Gasteiger partial charge on any atom is -0.0134 e. The maximum absolute atomic E-state index is 2.65. The summed E-state index contributed by atoms with van der Waals surface area (Å²) in [5, 5.41) is 0. The lowest BCUT2D eigenvalue weighted by Crippen LogP contribution is -2.69. The quantitative estimate of drug-likeness (QED) is 0.577. The van der Waals surface area contributed by atoms with Gasteiger partial charge in [-0.1, -0.05) is 34.6 Å². The molecule has 88 valence electrons. The van der Waals surface area contributed by atoms with Crippen molar-refractivity contribution in [3.63, 3.8) is 0 Å². The predicted octanol–water partition coefficient (Wildman–Crippen LogP) is 3.82. The first-order valence-electron chi connectivity index (χ1n) is 7.44. The molecule has 0 saturated heterocycles. The van der Waals surface area contributed by atoms with E-state index in [4.69, 9.17) is 0 Å². The Morgan fingerprint density at radius 2 is 1.56 bits per heavy atom. The third kappa shape index (κ3) is 0.421. The van der Waals surface area contributed by atoms with E-state index >= 15 is 0 Å². The zero-order valence-electron chi connectivity index (χ0n) is 11.2. The lowest BCUT2D eigenvalue weighted by atomic mass is 9.31. The monoisotopic (exact) mass is 216 g/mol. The Kier molecular flexibility index (Phi) is 1.03. The summed E-state index contributed by atoms with van der Waals surface area (Å²) in [7, 11) is 0. The highest BCUT2D eigenvalue weighted by Crippen LogP contribution is 3.05. The lowest BCUT2D eigenvalue weighted by molar-refractivity contribution is -0.265. The fraction of sp³-hybridized carbons (Fsp3) is 1.00. The first kappa shape index (κ1) is 9.00. The van der Waals surface area contributed by atoms with Crippen LogP contribution in [-0.2, 0) is 0 Å². The summed E-state index contributed by atoms with van der Waals surface area (Å²) in [6.07, 6.45) is 1.56. The summed E-state index contributed by atoms with van der Waals surface area (Å²) in [4.78, 5) is 0. The molecular formula is C16H24. The van der Waals surface area contributed by atoms with E-state index in [1.165, 1.54) is 0 Å². The van der Waals surface area contributed by atoms with Gasteiger partial charge in [0.2, 0.25) is 0 Å². The van der Waals surface area contributed by atoms with Crippen molar-refractivity contribution >= 4 is 0 Å². The first-order valence-corrected chi connectivity index (χ1v) is 7.44. The van der Waals surface area contributed by atoms with Crippen LogP contribution in [-0.4, -0.2) is 0 Å². The van der Waals surface area contributed by atoms with Gasteiger partial charge in [-0.15, -0.1) is 0 Å². The molecule has 5 rings (SSSR count). The van der Waals surface area contributed by atoms with Gasteiger partial charge in [0.1, 0.15) is 0 Å². The zero-order valence-corrected chi connectivity index (χ0v) is 11.2. The van der Waals surface area contributed by atoms with Gasteiger partial charge in [-0.3, -0.25) is 0 Å². The Bertz CT molecular complexity index is 426.